The summed E-state index contributed by atoms with van der Waals surface area (Å²) in [6.07, 6.45) is -3.79. The minimum atomic E-state index is -4.57. The second-order valence-corrected chi connectivity index (χ2v) is 10.4. The molecule has 0 saturated carbocycles. The van der Waals surface area contributed by atoms with Gasteiger partial charge in [0.05, 0.1) is 23.5 Å². The number of halogens is 4. The molecule has 1 saturated heterocycles. The lowest BCUT2D eigenvalue weighted by atomic mass is 10.00. The van der Waals surface area contributed by atoms with Crippen LogP contribution in [0.3, 0.4) is 0 Å². The average molecular weight is 458 g/mol. The quantitative estimate of drug-likeness (QED) is 0.574. The van der Waals surface area contributed by atoms with Crippen LogP contribution in [-0.4, -0.2) is 44.1 Å². The van der Waals surface area contributed by atoms with Crippen molar-refractivity contribution in [2.75, 3.05) is 23.1 Å². The lowest BCUT2D eigenvalue weighted by molar-refractivity contribution is -0.137. The number of alkyl halides is 3. The van der Waals surface area contributed by atoms with Crippen LogP contribution < -0.4 is 4.90 Å². The van der Waals surface area contributed by atoms with Crippen molar-refractivity contribution >= 4 is 27.9 Å². The molecular weight excluding hydrogens is 436 g/mol. The smallest absolute Gasteiger partial charge is 0.322 e. The number of aryl methyl sites for hydroxylation is 1. The van der Waals surface area contributed by atoms with E-state index < -0.39 is 34.1 Å². The SMILES string of the molecule is Cc1cc(F)ccc1N1CN(C2CCS(O)(O)CC2)C(=O)c2ccc(C(F)(F)F)cc21. The maximum Gasteiger partial charge on any atom is 0.416 e. The highest BCUT2D eigenvalue weighted by atomic mass is 32.3. The van der Waals surface area contributed by atoms with Crippen LogP contribution in [0.1, 0.15) is 34.3 Å². The summed E-state index contributed by atoms with van der Waals surface area (Å²) in [6, 6.07) is 6.74. The summed E-state index contributed by atoms with van der Waals surface area (Å²) < 4.78 is 73.5. The number of nitrogens with zero attached hydrogens (tertiary/aromatic N) is 2. The van der Waals surface area contributed by atoms with Crippen molar-refractivity contribution in [1.29, 1.82) is 0 Å². The van der Waals surface area contributed by atoms with Gasteiger partial charge in [0.15, 0.2) is 0 Å². The Morgan fingerprint density at radius 3 is 2.32 bits per heavy atom. The third-order valence-corrected chi connectivity index (χ3v) is 7.63. The van der Waals surface area contributed by atoms with Gasteiger partial charge in [-0.05, 0) is 61.7 Å². The first-order chi connectivity index (χ1) is 14.5. The maximum absolute atomic E-state index is 13.7. The van der Waals surface area contributed by atoms with Gasteiger partial charge in [-0.3, -0.25) is 13.9 Å². The molecule has 0 bridgehead atoms. The summed E-state index contributed by atoms with van der Waals surface area (Å²) in [5.41, 5.74) is 0.393. The highest BCUT2D eigenvalue weighted by Crippen LogP contribution is 2.46. The first kappa shape index (κ1) is 21.9. The zero-order valence-corrected chi connectivity index (χ0v) is 17.5. The van der Waals surface area contributed by atoms with Gasteiger partial charge in [0, 0.05) is 23.2 Å². The van der Waals surface area contributed by atoms with Gasteiger partial charge in [-0.25, -0.2) is 4.39 Å². The minimum Gasteiger partial charge on any atom is -0.322 e. The van der Waals surface area contributed by atoms with Crippen LogP contribution in [0.25, 0.3) is 0 Å². The van der Waals surface area contributed by atoms with E-state index in [-0.39, 0.29) is 35.5 Å². The van der Waals surface area contributed by atoms with Gasteiger partial charge >= 0.3 is 6.18 Å². The molecule has 0 aromatic heterocycles. The summed E-state index contributed by atoms with van der Waals surface area (Å²) in [7, 11) is -2.65. The molecular formula is C21H22F4N2O3S. The van der Waals surface area contributed by atoms with Crippen molar-refractivity contribution in [3.05, 3.63) is 58.9 Å². The molecule has 0 radical (unpaired) electrons. The molecule has 0 unspecified atom stereocenters. The van der Waals surface area contributed by atoms with E-state index in [2.05, 4.69) is 0 Å². The van der Waals surface area contributed by atoms with Crippen molar-refractivity contribution in [2.24, 2.45) is 0 Å². The molecule has 2 aliphatic heterocycles. The van der Waals surface area contributed by atoms with Gasteiger partial charge in [-0.15, -0.1) is 0 Å². The fourth-order valence-electron chi connectivity index (χ4n) is 4.18. The number of anilines is 2. The Bertz CT molecular complexity index is 1020. The zero-order valence-electron chi connectivity index (χ0n) is 16.7. The van der Waals surface area contributed by atoms with Gasteiger partial charge in [0.2, 0.25) is 0 Å². The molecule has 2 aromatic rings. The standard InChI is InChI=1S/C21H22F4N2O3S/c1-13-10-15(22)3-5-18(13)27-12-26(16-6-8-31(29,30)9-7-16)20(28)17-4-2-14(11-19(17)27)21(23,24)25/h2-5,10-11,16,29-30H,6-9,12H2,1H3. The second kappa shape index (κ2) is 7.68. The van der Waals surface area contributed by atoms with Gasteiger partial charge in [-0.1, -0.05) is 0 Å². The average Bonchev–Trinajstić information content (AvgIpc) is 2.68. The number of carbonyl (C=O) groups excluding carboxylic acids is 1. The molecule has 1 fully saturated rings. The van der Waals surface area contributed by atoms with Crippen molar-refractivity contribution < 1.29 is 31.5 Å². The first-order valence-corrected chi connectivity index (χ1v) is 11.6. The van der Waals surface area contributed by atoms with Crippen LogP contribution in [0.2, 0.25) is 0 Å². The Labute approximate surface area is 178 Å². The predicted molar refractivity (Wildman–Crippen MR) is 111 cm³/mol. The van der Waals surface area contributed by atoms with Gasteiger partial charge in [-0.2, -0.15) is 23.8 Å². The normalized spacial score (nSPS) is 20.5. The third kappa shape index (κ3) is 4.24. The van der Waals surface area contributed by atoms with Crippen LogP contribution >= 0.6 is 10.6 Å². The molecule has 0 aliphatic carbocycles. The summed E-state index contributed by atoms with van der Waals surface area (Å²) >= 11 is 0. The van der Waals surface area contributed by atoms with Crippen LogP contribution in [0.4, 0.5) is 28.9 Å². The summed E-state index contributed by atoms with van der Waals surface area (Å²) in [4.78, 5) is 16.3. The maximum atomic E-state index is 13.7. The molecule has 2 aliphatic rings. The monoisotopic (exact) mass is 458 g/mol. The molecule has 1 amide bonds. The summed E-state index contributed by atoms with van der Waals surface area (Å²) in [6.45, 7) is 1.64. The van der Waals surface area contributed by atoms with Gasteiger partial charge in [0.25, 0.3) is 5.91 Å². The fourth-order valence-corrected chi connectivity index (χ4v) is 5.68. The highest BCUT2D eigenvalue weighted by Gasteiger charge is 2.39. The number of benzene rings is 2. The molecule has 168 valence electrons. The molecule has 2 aromatic carbocycles. The van der Waals surface area contributed by atoms with E-state index in [1.54, 1.807) is 16.7 Å². The Hall–Kier alpha value is -2.30. The summed E-state index contributed by atoms with van der Waals surface area (Å²) in [5, 5.41) is 0. The zero-order chi connectivity index (χ0) is 22.6. The number of amides is 1. The molecule has 31 heavy (non-hydrogen) atoms. The Balaban J connectivity index is 1.79. The van der Waals surface area contributed by atoms with Crippen LogP contribution in [0.15, 0.2) is 36.4 Å². The molecule has 10 heteroatoms. The fraction of sp³-hybridized carbons (Fsp3) is 0.381. The summed E-state index contributed by atoms with van der Waals surface area (Å²) in [5.74, 6) is -0.510. The molecule has 5 nitrogen and oxygen atoms in total. The first-order valence-electron chi connectivity index (χ1n) is 9.76. The third-order valence-electron chi connectivity index (χ3n) is 5.85. The van der Waals surface area contributed by atoms with Crippen LogP contribution in [0.5, 0.6) is 0 Å². The number of hydrogen-bond donors (Lipinski definition) is 2. The number of fused-ring (bicyclic) bond motifs is 1. The van der Waals surface area contributed by atoms with Gasteiger partial charge < -0.3 is 9.80 Å². The van der Waals surface area contributed by atoms with E-state index in [1.165, 1.54) is 24.3 Å². The van der Waals surface area contributed by atoms with Gasteiger partial charge in [0.1, 0.15) is 5.82 Å². The number of rotatable bonds is 2. The lowest BCUT2D eigenvalue weighted by Gasteiger charge is -2.47. The molecule has 2 heterocycles. The van der Waals surface area contributed by atoms with E-state index in [9.17, 15) is 31.5 Å². The highest BCUT2D eigenvalue weighted by molar-refractivity contribution is 8.24. The van der Waals surface area contributed by atoms with E-state index in [4.69, 9.17) is 0 Å². The Morgan fingerprint density at radius 1 is 1.03 bits per heavy atom. The van der Waals surface area contributed by atoms with E-state index in [0.29, 0.717) is 24.1 Å². The van der Waals surface area contributed by atoms with E-state index in [0.717, 1.165) is 12.1 Å². The molecule has 2 N–H and O–H groups in total. The topological polar surface area (TPSA) is 64.0 Å². The largest absolute Gasteiger partial charge is 0.416 e. The van der Waals surface area contributed by atoms with E-state index in [1.807, 2.05) is 0 Å². The molecule has 4 rings (SSSR count). The predicted octanol–water partition coefficient (Wildman–Crippen LogP) is 5.62. The number of hydrogen-bond acceptors (Lipinski definition) is 4. The van der Waals surface area contributed by atoms with Crippen molar-refractivity contribution in [2.45, 2.75) is 32.0 Å². The second-order valence-electron chi connectivity index (χ2n) is 7.95. The van der Waals surface area contributed by atoms with Crippen LogP contribution in [-0.2, 0) is 6.18 Å². The Kier molecular flexibility index (Phi) is 5.43. The molecule has 0 atom stereocenters. The van der Waals surface area contributed by atoms with E-state index >= 15 is 0 Å². The molecule has 0 spiro atoms. The Morgan fingerprint density at radius 2 is 1.71 bits per heavy atom. The number of carbonyl (C=O) groups is 1. The van der Waals surface area contributed by atoms with Crippen molar-refractivity contribution in [3.63, 3.8) is 0 Å². The minimum absolute atomic E-state index is 0.0104. The van der Waals surface area contributed by atoms with Crippen molar-refractivity contribution in [3.8, 4) is 0 Å². The van der Waals surface area contributed by atoms with Crippen LogP contribution in [0, 0.1) is 12.7 Å². The lowest BCUT2D eigenvalue weighted by Crippen LogP contribution is -2.51. The van der Waals surface area contributed by atoms with Crippen molar-refractivity contribution in [1.82, 2.24) is 4.90 Å².